The molecule has 29 heavy (non-hydrogen) atoms. The molecule has 0 bridgehead atoms. The standard InChI is InChI=1S/C20H15BrClN3O3S/c1-10-19(11(2)26)14-7-17(27-9-18-23-24-20(29)28-18)15(21)8-16(14)25(10)13-5-3-12(22)4-6-13/h3-8H,9H2,1-2H3,(H,24,29). The van der Waals surface area contributed by atoms with E-state index < -0.39 is 0 Å². The highest BCUT2D eigenvalue weighted by Crippen LogP contribution is 2.37. The number of hydrogen-bond acceptors (Lipinski definition) is 5. The van der Waals surface area contributed by atoms with Crippen LogP contribution in [0.25, 0.3) is 16.6 Å². The number of fused-ring (bicyclic) bond motifs is 1. The summed E-state index contributed by atoms with van der Waals surface area (Å²) in [6.45, 7) is 3.58. The number of H-pyrrole nitrogens is 1. The minimum atomic E-state index is -0.0217. The first kappa shape index (κ1) is 19.9. The van der Waals surface area contributed by atoms with Crippen LogP contribution in [0.5, 0.6) is 5.75 Å². The number of carbonyl (C=O) groups excluding carboxylic acids is 1. The summed E-state index contributed by atoms with van der Waals surface area (Å²) in [7, 11) is 0. The Balaban J connectivity index is 1.85. The molecular formula is C20H15BrClN3O3S. The third kappa shape index (κ3) is 3.75. The van der Waals surface area contributed by atoms with Crippen LogP contribution in [0.4, 0.5) is 0 Å². The third-order valence-corrected chi connectivity index (χ3v) is 5.57. The van der Waals surface area contributed by atoms with Crippen molar-refractivity contribution in [1.82, 2.24) is 14.8 Å². The maximum Gasteiger partial charge on any atom is 0.284 e. The lowest BCUT2D eigenvalue weighted by Crippen LogP contribution is -1.99. The van der Waals surface area contributed by atoms with E-state index in [0.717, 1.165) is 26.8 Å². The smallest absolute Gasteiger partial charge is 0.284 e. The largest absolute Gasteiger partial charge is 0.483 e. The van der Waals surface area contributed by atoms with E-state index in [-0.39, 0.29) is 17.2 Å². The zero-order valence-corrected chi connectivity index (χ0v) is 18.6. The molecule has 0 atom stereocenters. The fourth-order valence-corrected chi connectivity index (χ4v) is 4.07. The van der Waals surface area contributed by atoms with Crippen molar-refractivity contribution in [1.29, 1.82) is 0 Å². The Kier molecular flexibility index (Phi) is 5.33. The fraction of sp³-hybridized carbons (Fsp3) is 0.150. The summed E-state index contributed by atoms with van der Waals surface area (Å²) in [4.78, 5) is 12.6. The van der Waals surface area contributed by atoms with Gasteiger partial charge in [0.25, 0.3) is 10.7 Å². The first-order valence-electron chi connectivity index (χ1n) is 8.63. The highest BCUT2D eigenvalue weighted by molar-refractivity contribution is 9.10. The molecule has 0 aliphatic heterocycles. The second-order valence-electron chi connectivity index (χ2n) is 6.42. The number of rotatable bonds is 5. The number of aromatic nitrogens is 3. The average molecular weight is 493 g/mol. The van der Waals surface area contributed by atoms with E-state index in [4.69, 9.17) is 33.0 Å². The van der Waals surface area contributed by atoms with Crippen LogP contribution in [0.2, 0.25) is 5.02 Å². The lowest BCUT2D eigenvalue weighted by Gasteiger charge is -2.10. The van der Waals surface area contributed by atoms with Gasteiger partial charge in [-0.05, 0) is 78.4 Å². The molecule has 0 saturated carbocycles. The normalized spacial score (nSPS) is 11.2. The number of carbonyl (C=O) groups is 1. The van der Waals surface area contributed by atoms with Gasteiger partial charge in [0.2, 0.25) is 0 Å². The van der Waals surface area contributed by atoms with Crippen molar-refractivity contribution >= 4 is 56.4 Å². The molecule has 0 saturated heterocycles. The first-order valence-corrected chi connectivity index (χ1v) is 10.2. The van der Waals surface area contributed by atoms with Gasteiger partial charge in [-0.15, -0.1) is 5.10 Å². The van der Waals surface area contributed by atoms with E-state index in [2.05, 4.69) is 26.1 Å². The summed E-state index contributed by atoms with van der Waals surface area (Å²) in [5, 5.41) is 7.93. The summed E-state index contributed by atoms with van der Waals surface area (Å²) in [6, 6.07) is 11.3. The van der Waals surface area contributed by atoms with E-state index in [1.54, 1.807) is 6.92 Å². The van der Waals surface area contributed by atoms with Gasteiger partial charge >= 0.3 is 0 Å². The Hall–Kier alpha value is -2.42. The Morgan fingerprint density at radius 2 is 2.07 bits per heavy atom. The van der Waals surface area contributed by atoms with Crippen LogP contribution in [0.15, 0.2) is 45.3 Å². The minimum Gasteiger partial charge on any atom is -0.483 e. The van der Waals surface area contributed by atoms with Crippen LogP contribution in [0.1, 0.15) is 28.9 Å². The van der Waals surface area contributed by atoms with Gasteiger partial charge in [-0.25, -0.2) is 5.10 Å². The summed E-state index contributed by atoms with van der Waals surface area (Å²) in [5.41, 5.74) is 3.28. The molecule has 4 aromatic rings. The number of hydrogen-bond donors (Lipinski definition) is 1. The number of benzene rings is 2. The molecule has 4 rings (SSSR count). The lowest BCUT2D eigenvalue weighted by atomic mass is 10.1. The van der Waals surface area contributed by atoms with Gasteiger partial charge in [-0.3, -0.25) is 4.79 Å². The van der Waals surface area contributed by atoms with Crippen molar-refractivity contribution in [2.45, 2.75) is 20.5 Å². The summed E-state index contributed by atoms with van der Waals surface area (Å²) >= 11 is 14.5. The highest BCUT2D eigenvalue weighted by atomic mass is 79.9. The third-order valence-electron chi connectivity index (χ3n) is 4.53. The zero-order valence-electron chi connectivity index (χ0n) is 15.5. The SMILES string of the molecule is CC(=O)c1c(C)n(-c2ccc(Cl)cc2)c2cc(Br)c(OCc3n[nH]c(=S)o3)cc12. The van der Waals surface area contributed by atoms with Crippen LogP contribution in [-0.2, 0) is 6.61 Å². The Morgan fingerprint density at radius 3 is 2.69 bits per heavy atom. The number of aromatic amines is 1. The van der Waals surface area contributed by atoms with E-state index in [0.29, 0.717) is 22.2 Å². The first-order chi connectivity index (χ1) is 13.8. The highest BCUT2D eigenvalue weighted by Gasteiger charge is 2.20. The van der Waals surface area contributed by atoms with Gasteiger partial charge in [0.05, 0.1) is 9.99 Å². The maximum atomic E-state index is 12.4. The van der Waals surface area contributed by atoms with Gasteiger partial charge in [0.1, 0.15) is 5.75 Å². The average Bonchev–Trinajstić information content (AvgIpc) is 3.20. The van der Waals surface area contributed by atoms with Crippen molar-refractivity contribution in [3.05, 3.63) is 67.9 Å². The molecule has 0 amide bonds. The molecule has 2 aromatic carbocycles. The van der Waals surface area contributed by atoms with Crippen LogP contribution in [0.3, 0.4) is 0 Å². The van der Waals surface area contributed by atoms with Gasteiger partial charge in [0.15, 0.2) is 12.4 Å². The van der Waals surface area contributed by atoms with Crippen molar-refractivity contribution in [3.63, 3.8) is 0 Å². The van der Waals surface area contributed by atoms with Crippen molar-refractivity contribution in [2.75, 3.05) is 0 Å². The van der Waals surface area contributed by atoms with Crippen LogP contribution in [-0.4, -0.2) is 20.5 Å². The van der Waals surface area contributed by atoms with Gasteiger partial charge in [0, 0.05) is 27.4 Å². The molecule has 0 radical (unpaired) electrons. The molecule has 148 valence electrons. The molecule has 0 aliphatic rings. The second-order valence-corrected chi connectivity index (χ2v) is 8.09. The number of ether oxygens (including phenoxy) is 1. The molecule has 2 heterocycles. The van der Waals surface area contributed by atoms with E-state index in [9.17, 15) is 4.79 Å². The van der Waals surface area contributed by atoms with E-state index in [1.807, 2.05) is 47.9 Å². The Labute approximate surface area is 184 Å². The van der Waals surface area contributed by atoms with Gasteiger partial charge in [-0.2, -0.15) is 0 Å². The summed E-state index contributed by atoms with van der Waals surface area (Å²) in [6.07, 6.45) is 0. The molecule has 6 nitrogen and oxygen atoms in total. The Bertz CT molecular complexity index is 1290. The molecule has 1 N–H and O–H groups in total. The molecule has 0 aliphatic carbocycles. The zero-order chi connectivity index (χ0) is 20.7. The predicted molar refractivity (Wildman–Crippen MR) is 117 cm³/mol. The topological polar surface area (TPSA) is 73.1 Å². The van der Waals surface area contributed by atoms with E-state index >= 15 is 0 Å². The van der Waals surface area contributed by atoms with Crippen molar-refractivity contribution in [2.24, 2.45) is 0 Å². The minimum absolute atomic E-state index is 0.0217. The fourth-order valence-electron chi connectivity index (χ4n) is 3.36. The molecule has 2 aromatic heterocycles. The summed E-state index contributed by atoms with van der Waals surface area (Å²) in [5.74, 6) is 0.882. The number of nitrogens with zero attached hydrogens (tertiary/aromatic N) is 2. The molecule has 0 unspecified atom stereocenters. The van der Waals surface area contributed by atoms with E-state index in [1.165, 1.54) is 0 Å². The maximum absolute atomic E-state index is 12.4. The number of Topliss-reactive ketones (excluding diaryl/α,β-unsaturated/α-hetero) is 1. The Morgan fingerprint density at radius 1 is 1.34 bits per heavy atom. The number of ketones is 1. The summed E-state index contributed by atoms with van der Waals surface area (Å²) < 4.78 is 13.8. The number of nitrogens with one attached hydrogen (secondary N) is 1. The molecule has 0 spiro atoms. The van der Waals surface area contributed by atoms with Crippen LogP contribution < -0.4 is 4.74 Å². The molecule has 9 heteroatoms. The van der Waals surface area contributed by atoms with Crippen molar-refractivity contribution in [3.8, 4) is 11.4 Å². The van der Waals surface area contributed by atoms with Crippen molar-refractivity contribution < 1.29 is 13.9 Å². The van der Waals surface area contributed by atoms with Gasteiger partial charge in [-0.1, -0.05) is 11.6 Å². The molecule has 0 fully saturated rings. The lowest BCUT2D eigenvalue weighted by molar-refractivity contribution is 0.101. The second kappa shape index (κ2) is 7.78. The monoisotopic (exact) mass is 491 g/mol. The van der Waals surface area contributed by atoms with Gasteiger partial charge < -0.3 is 13.7 Å². The van der Waals surface area contributed by atoms with Crippen LogP contribution >= 0.6 is 39.7 Å². The molecular weight excluding hydrogens is 478 g/mol. The quantitative estimate of drug-likeness (QED) is 0.266. The number of halogens is 2. The predicted octanol–water partition coefficient (Wildman–Crippen LogP) is 6.18. The van der Waals surface area contributed by atoms with Crippen LogP contribution in [0, 0.1) is 11.8 Å².